The highest BCUT2D eigenvalue weighted by Gasteiger charge is 2.09. The quantitative estimate of drug-likeness (QED) is 0.526. The predicted molar refractivity (Wildman–Crippen MR) is 62.8 cm³/mol. The molecule has 0 saturated carbocycles. The fourth-order valence-corrected chi connectivity index (χ4v) is 1.78. The topological polar surface area (TPSA) is 85.8 Å². The van der Waals surface area contributed by atoms with Crippen molar-refractivity contribution in [3.8, 4) is 0 Å². The van der Waals surface area contributed by atoms with Crippen LogP contribution in [0.4, 0.5) is 0 Å². The maximum atomic E-state index is 11.3. The smallest absolute Gasteiger partial charge is 0.230 e. The fourth-order valence-electron chi connectivity index (χ4n) is 1.02. The molecule has 0 unspecified atom stereocenters. The van der Waals surface area contributed by atoms with Crippen molar-refractivity contribution < 1.29 is 4.79 Å². The summed E-state index contributed by atoms with van der Waals surface area (Å²) in [6, 6.07) is 0. The number of carbonyl (C=O) groups excluding carboxylic acids is 1. The van der Waals surface area contributed by atoms with Gasteiger partial charge in [0.15, 0.2) is 5.16 Å². The van der Waals surface area contributed by atoms with Crippen LogP contribution >= 0.6 is 11.8 Å². The van der Waals surface area contributed by atoms with Crippen molar-refractivity contribution in [1.82, 2.24) is 20.1 Å². The molecule has 0 radical (unpaired) electrons. The average Bonchev–Trinajstić information content (AvgIpc) is 2.64. The van der Waals surface area contributed by atoms with Gasteiger partial charge in [-0.1, -0.05) is 17.8 Å². The van der Waals surface area contributed by atoms with E-state index in [0.29, 0.717) is 29.8 Å². The van der Waals surface area contributed by atoms with Gasteiger partial charge in [0.1, 0.15) is 5.82 Å². The molecule has 1 aromatic rings. The molecule has 1 amide bonds. The molecule has 0 atom stereocenters. The monoisotopic (exact) mass is 241 g/mol. The summed E-state index contributed by atoms with van der Waals surface area (Å²) in [7, 11) is 1.83. The summed E-state index contributed by atoms with van der Waals surface area (Å²) in [5.74, 6) is 0.959. The highest BCUT2D eigenvalue weighted by molar-refractivity contribution is 7.99. The Morgan fingerprint density at radius 2 is 2.44 bits per heavy atom. The maximum absolute atomic E-state index is 11.3. The molecule has 0 aliphatic rings. The SMILES string of the molecule is C=CCNC(=O)CSc1nnc(CN)n1C. The van der Waals surface area contributed by atoms with Crippen LogP contribution in [-0.2, 0) is 18.4 Å². The van der Waals surface area contributed by atoms with E-state index in [9.17, 15) is 4.79 Å². The zero-order valence-electron chi connectivity index (χ0n) is 9.14. The minimum Gasteiger partial charge on any atom is -0.352 e. The number of amides is 1. The minimum atomic E-state index is -0.0535. The summed E-state index contributed by atoms with van der Waals surface area (Å²) in [6.45, 7) is 4.34. The molecule has 0 bridgehead atoms. The van der Waals surface area contributed by atoms with Gasteiger partial charge in [-0.2, -0.15) is 0 Å². The van der Waals surface area contributed by atoms with Crippen molar-refractivity contribution >= 4 is 17.7 Å². The van der Waals surface area contributed by atoms with Crippen molar-refractivity contribution in [3.05, 3.63) is 18.5 Å². The van der Waals surface area contributed by atoms with Gasteiger partial charge in [-0.25, -0.2) is 0 Å². The Labute approximate surface area is 98.3 Å². The molecule has 0 aromatic carbocycles. The van der Waals surface area contributed by atoms with E-state index < -0.39 is 0 Å². The van der Waals surface area contributed by atoms with E-state index in [1.807, 2.05) is 7.05 Å². The first-order chi connectivity index (χ1) is 7.69. The molecule has 3 N–H and O–H groups in total. The lowest BCUT2D eigenvalue weighted by Gasteiger charge is -2.02. The maximum Gasteiger partial charge on any atom is 0.230 e. The second-order valence-corrected chi connectivity index (χ2v) is 3.99. The van der Waals surface area contributed by atoms with Crippen molar-refractivity contribution in [1.29, 1.82) is 0 Å². The summed E-state index contributed by atoms with van der Waals surface area (Å²) < 4.78 is 1.78. The Morgan fingerprint density at radius 3 is 3.00 bits per heavy atom. The molecule has 0 saturated heterocycles. The van der Waals surface area contributed by atoms with E-state index in [1.54, 1.807) is 10.6 Å². The van der Waals surface area contributed by atoms with Gasteiger partial charge in [0.05, 0.1) is 12.3 Å². The number of aromatic nitrogens is 3. The van der Waals surface area contributed by atoms with Crippen LogP contribution in [0.5, 0.6) is 0 Å². The van der Waals surface area contributed by atoms with E-state index in [4.69, 9.17) is 5.73 Å². The molecular formula is C9H15N5OS. The first-order valence-corrected chi connectivity index (χ1v) is 5.76. The number of rotatable bonds is 6. The van der Waals surface area contributed by atoms with Gasteiger partial charge in [0.25, 0.3) is 0 Å². The van der Waals surface area contributed by atoms with Gasteiger partial charge in [0.2, 0.25) is 5.91 Å². The molecule has 1 aromatic heterocycles. The molecule has 0 fully saturated rings. The Balaban J connectivity index is 2.45. The molecule has 0 aliphatic heterocycles. The van der Waals surface area contributed by atoms with Crippen molar-refractivity contribution in [2.45, 2.75) is 11.7 Å². The largest absolute Gasteiger partial charge is 0.352 e. The molecule has 88 valence electrons. The third-order valence-electron chi connectivity index (χ3n) is 1.88. The molecule has 1 rings (SSSR count). The Morgan fingerprint density at radius 1 is 1.69 bits per heavy atom. The van der Waals surface area contributed by atoms with E-state index in [1.165, 1.54) is 11.8 Å². The Kier molecular flexibility index (Phi) is 5.00. The van der Waals surface area contributed by atoms with Gasteiger partial charge in [-0.15, -0.1) is 16.8 Å². The Bertz CT molecular complexity index is 376. The van der Waals surface area contributed by atoms with Crippen LogP contribution in [0.1, 0.15) is 5.82 Å². The van der Waals surface area contributed by atoms with Gasteiger partial charge in [0, 0.05) is 13.6 Å². The lowest BCUT2D eigenvalue weighted by molar-refractivity contribution is -0.118. The minimum absolute atomic E-state index is 0.0535. The van der Waals surface area contributed by atoms with Crippen molar-refractivity contribution in [2.75, 3.05) is 12.3 Å². The van der Waals surface area contributed by atoms with Crippen LogP contribution in [0, 0.1) is 0 Å². The van der Waals surface area contributed by atoms with E-state index in [-0.39, 0.29) is 5.91 Å². The summed E-state index contributed by atoms with van der Waals surface area (Å²) in [5.41, 5.74) is 5.46. The number of nitrogens with one attached hydrogen (secondary N) is 1. The van der Waals surface area contributed by atoms with Crippen LogP contribution in [0.3, 0.4) is 0 Å². The summed E-state index contributed by atoms with van der Waals surface area (Å²) in [5, 5.41) is 11.2. The molecule has 7 heteroatoms. The van der Waals surface area contributed by atoms with Crippen LogP contribution in [0.2, 0.25) is 0 Å². The zero-order valence-corrected chi connectivity index (χ0v) is 9.96. The summed E-state index contributed by atoms with van der Waals surface area (Å²) in [6.07, 6.45) is 1.64. The number of hydrogen-bond acceptors (Lipinski definition) is 5. The van der Waals surface area contributed by atoms with Crippen LogP contribution in [0.15, 0.2) is 17.8 Å². The second-order valence-electron chi connectivity index (χ2n) is 3.04. The van der Waals surface area contributed by atoms with Crippen LogP contribution in [0.25, 0.3) is 0 Å². The lowest BCUT2D eigenvalue weighted by atomic mass is 10.6. The first-order valence-electron chi connectivity index (χ1n) is 4.77. The highest BCUT2D eigenvalue weighted by atomic mass is 32.2. The van der Waals surface area contributed by atoms with Gasteiger partial charge >= 0.3 is 0 Å². The third-order valence-corrected chi connectivity index (χ3v) is 2.90. The molecular weight excluding hydrogens is 226 g/mol. The number of carbonyl (C=O) groups is 1. The summed E-state index contributed by atoms with van der Waals surface area (Å²) in [4.78, 5) is 11.3. The van der Waals surface area contributed by atoms with Crippen molar-refractivity contribution in [2.24, 2.45) is 12.8 Å². The average molecular weight is 241 g/mol. The lowest BCUT2D eigenvalue weighted by Crippen LogP contribution is -2.25. The third kappa shape index (κ3) is 3.35. The van der Waals surface area contributed by atoms with E-state index in [0.717, 1.165) is 0 Å². The van der Waals surface area contributed by atoms with Gasteiger partial charge < -0.3 is 15.6 Å². The number of nitrogens with two attached hydrogens (primary N) is 1. The standard InChI is InChI=1S/C9H15N5OS/c1-3-4-11-8(15)6-16-9-13-12-7(5-10)14(9)2/h3H,1,4-6,10H2,2H3,(H,11,15). The predicted octanol–water partition coefficient (Wildman–Crippen LogP) is -0.332. The van der Waals surface area contributed by atoms with Crippen LogP contribution in [-0.4, -0.2) is 33.0 Å². The molecule has 16 heavy (non-hydrogen) atoms. The number of nitrogens with zero attached hydrogens (tertiary/aromatic N) is 3. The second kappa shape index (κ2) is 6.29. The first kappa shape index (κ1) is 12.7. The normalized spacial score (nSPS) is 10.1. The van der Waals surface area contributed by atoms with Gasteiger partial charge in [-0.05, 0) is 0 Å². The van der Waals surface area contributed by atoms with Crippen LogP contribution < -0.4 is 11.1 Å². The fraction of sp³-hybridized carbons (Fsp3) is 0.444. The van der Waals surface area contributed by atoms with E-state index >= 15 is 0 Å². The zero-order chi connectivity index (χ0) is 12.0. The summed E-state index contributed by atoms with van der Waals surface area (Å²) >= 11 is 1.33. The number of thioether (sulfide) groups is 1. The van der Waals surface area contributed by atoms with E-state index in [2.05, 4.69) is 22.1 Å². The Hall–Kier alpha value is -1.34. The van der Waals surface area contributed by atoms with Crippen molar-refractivity contribution in [3.63, 3.8) is 0 Å². The molecule has 0 aliphatic carbocycles. The van der Waals surface area contributed by atoms with Gasteiger partial charge in [-0.3, -0.25) is 4.79 Å². The molecule has 0 spiro atoms. The molecule has 1 heterocycles. The molecule has 6 nitrogen and oxygen atoms in total. The number of hydrogen-bond donors (Lipinski definition) is 2. The highest BCUT2D eigenvalue weighted by Crippen LogP contribution is 2.14.